The third kappa shape index (κ3) is 3.86. The van der Waals surface area contributed by atoms with Gasteiger partial charge in [0.2, 0.25) is 0 Å². The van der Waals surface area contributed by atoms with Crippen molar-refractivity contribution in [1.82, 2.24) is 15.4 Å². The molecule has 16 heavy (non-hydrogen) atoms. The maximum absolute atomic E-state index is 8.12. The summed E-state index contributed by atoms with van der Waals surface area (Å²) in [4.78, 5) is 16.2. The van der Waals surface area contributed by atoms with Gasteiger partial charge in [-0.3, -0.25) is 0 Å². The van der Waals surface area contributed by atoms with Gasteiger partial charge in [-0.2, -0.15) is 25.0 Å². The Labute approximate surface area is 92.5 Å². The van der Waals surface area contributed by atoms with Crippen LogP contribution in [0.1, 0.15) is 16.8 Å². The van der Waals surface area contributed by atoms with Crippen molar-refractivity contribution in [3.63, 3.8) is 0 Å². The number of hydrogen-bond acceptors (Lipinski definition) is 4. The van der Waals surface area contributed by atoms with E-state index in [1.807, 2.05) is 0 Å². The zero-order valence-electron chi connectivity index (χ0n) is 8.80. The number of benzene rings is 1. The normalized spacial score (nSPS) is 8.81. The summed E-state index contributed by atoms with van der Waals surface area (Å²) in [7, 11) is 0. The van der Waals surface area contributed by atoms with Crippen LogP contribution in [0.15, 0.2) is 30.5 Å². The molecule has 1 N–H and O–H groups in total. The van der Waals surface area contributed by atoms with Gasteiger partial charge in [-0.1, -0.05) is 29.8 Å². The molecule has 0 saturated heterocycles. The lowest BCUT2D eigenvalue weighted by Gasteiger charge is -1.97. The van der Waals surface area contributed by atoms with Crippen molar-refractivity contribution in [2.45, 2.75) is 13.3 Å². The molecule has 0 saturated carbocycles. The number of carbonyl (C=O) groups excluding carboxylic acids is 2. The van der Waals surface area contributed by atoms with E-state index in [1.165, 1.54) is 11.1 Å². The van der Waals surface area contributed by atoms with E-state index in [0.717, 1.165) is 12.1 Å². The van der Waals surface area contributed by atoms with Gasteiger partial charge in [0.25, 0.3) is 0 Å². The van der Waals surface area contributed by atoms with Crippen molar-refractivity contribution >= 4 is 6.15 Å². The van der Waals surface area contributed by atoms with Crippen LogP contribution in [0.5, 0.6) is 0 Å². The van der Waals surface area contributed by atoms with Gasteiger partial charge in [-0.15, -0.1) is 0 Å². The van der Waals surface area contributed by atoms with Crippen LogP contribution >= 0.6 is 0 Å². The number of rotatable bonds is 2. The molecule has 0 aliphatic heterocycles. The van der Waals surface area contributed by atoms with Gasteiger partial charge >= 0.3 is 6.15 Å². The molecular weight excluding hydrogens is 206 g/mol. The van der Waals surface area contributed by atoms with E-state index in [0.29, 0.717) is 0 Å². The first kappa shape index (κ1) is 11.8. The molecule has 5 heteroatoms. The van der Waals surface area contributed by atoms with Crippen molar-refractivity contribution < 1.29 is 9.59 Å². The van der Waals surface area contributed by atoms with Crippen LogP contribution in [0.3, 0.4) is 0 Å². The van der Waals surface area contributed by atoms with Crippen molar-refractivity contribution in [3.8, 4) is 0 Å². The second-order valence-electron chi connectivity index (χ2n) is 3.21. The smallest absolute Gasteiger partial charge is 0.198 e. The summed E-state index contributed by atoms with van der Waals surface area (Å²) in [6, 6.07) is 8.44. The van der Waals surface area contributed by atoms with Crippen LogP contribution in [0, 0.1) is 6.92 Å². The third-order valence-corrected chi connectivity index (χ3v) is 1.97. The van der Waals surface area contributed by atoms with Gasteiger partial charge in [0.15, 0.2) is 0 Å². The minimum absolute atomic E-state index is 0.250. The molecule has 82 valence electrons. The van der Waals surface area contributed by atoms with E-state index in [4.69, 9.17) is 9.59 Å². The predicted molar refractivity (Wildman–Crippen MR) is 55.4 cm³/mol. The van der Waals surface area contributed by atoms with Crippen LogP contribution in [0.4, 0.5) is 0 Å². The third-order valence-electron chi connectivity index (χ3n) is 1.97. The first-order valence-electron chi connectivity index (χ1n) is 4.65. The standard InChI is InChI=1S/C10H11N3.CO2/c1-8-2-4-9(5-3-8)6-10-7-11-13-12-10;2-1-3/h2-5,7H,6H2,1H3,(H,11,12,13);. The molecule has 1 aromatic heterocycles. The Morgan fingerprint density at radius 2 is 1.88 bits per heavy atom. The fraction of sp³-hybridized carbons (Fsp3) is 0.182. The summed E-state index contributed by atoms with van der Waals surface area (Å²) in [5.74, 6) is 0. The summed E-state index contributed by atoms with van der Waals surface area (Å²) in [5, 5.41) is 10.4. The molecule has 0 radical (unpaired) electrons. The maximum atomic E-state index is 8.12. The molecule has 0 aliphatic rings. The van der Waals surface area contributed by atoms with Gasteiger partial charge in [0.05, 0.1) is 11.9 Å². The summed E-state index contributed by atoms with van der Waals surface area (Å²) < 4.78 is 0. The van der Waals surface area contributed by atoms with Gasteiger partial charge in [-0.05, 0) is 12.5 Å². The highest BCUT2D eigenvalue weighted by molar-refractivity contribution is 5.24. The zero-order chi connectivity index (χ0) is 11.8. The van der Waals surface area contributed by atoms with E-state index in [9.17, 15) is 0 Å². The predicted octanol–water partition coefficient (Wildman–Crippen LogP) is 1.12. The first-order chi connectivity index (χ1) is 7.76. The number of nitrogens with zero attached hydrogens (tertiary/aromatic N) is 2. The summed E-state index contributed by atoms with van der Waals surface area (Å²) in [6.45, 7) is 2.08. The van der Waals surface area contributed by atoms with Crippen molar-refractivity contribution in [2.75, 3.05) is 0 Å². The van der Waals surface area contributed by atoms with Gasteiger partial charge < -0.3 is 0 Å². The van der Waals surface area contributed by atoms with Gasteiger partial charge in [-0.25, -0.2) is 0 Å². The number of aryl methyl sites for hydroxylation is 1. The average molecular weight is 217 g/mol. The van der Waals surface area contributed by atoms with Gasteiger partial charge in [0.1, 0.15) is 0 Å². The van der Waals surface area contributed by atoms with Crippen LogP contribution < -0.4 is 0 Å². The zero-order valence-corrected chi connectivity index (χ0v) is 8.80. The molecule has 0 aliphatic carbocycles. The van der Waals surface area contributed by atoms with E-state index >= 15 is 0 Å². The molecule has 0 fully saturated rings. The van der Waals surface area contributed by atoms with E-state index in [-0.39, 0.29) is 6.15 Å². The molecule has 2 aromatic rings. The minimum Gasteiger partial charge on any atom is -0.198 e. The lowest BCUT2D eigenvalue weighted by atomic mass is 10.1. The average Bonchev–Trinajstić information content (AvgIpc) is 2.75. The Bertz CT molecular complexity index is 443. The Balaban J connectivity index is 0.000000386. The highest BCUT2D eigenvalue weighted by Crippen LogP contribution is 2.07. The monoisotopic (exact) mass is 217 g/mol. The Morgan fingerprint density at radius 3 is 2.38 bits per heavy atom. The molecule has 0 spiro atoms. The fourth-order valence-corrected chi connectivity index (χ4v) is 1.23. The second kappa shape index (κ2) is 6.27. The Kier molecular flexibility index (Phi) is 4.63. The Hall–Kier alpha value is -2.26. The molecule has 1 heterocycles. The van der Waals surface area contributed by atoms with Crippen LogP contribution in [0.2, 0.25) is 0 Å². The van der Waals surface area contributed by atoms with Crippen LogP contribution in [-0.2, 0) is 16.0 Å². The number of aromatic nitrogens is 3. The summed E-state index contributed by atoms with van der Waals surface area (Å²) >= 11 is 0. The minimum atomic E-state index is 0.250. The number of hydrogen-bond donors (Lipinski definition) is 1. The molecule has 1 aromatic carbocycles. The number of aromatic amines is 1. The lowest BCUT2D eigenvalue weighted by molar-refractivity contribution is -0.191. The highest BCUT2D eigenvalue weighted by atomic mass is 16.2. The fourth-order valence-electron chi connectivity index (χ4n) is 1.23. The topological polar surface area (TPSA) is 75.7 Å². The Morgan fingerprint density at radius 1 is 1.25 bits per heavy atom. The molecular formula is C11H11N3O2. The van der Waals surface area contributed by atoms with Crippen molar-refractivity contribution in [2.24, 2.45) is 0 Å². The summed E-state index contributed by atoms with van der Waals surface area (Å²) in [5.41, 5.74) is 3.52. The summed E-state index contributed by atoms with van der Waals surface area (Å²) in [6.07, 6.45) is 2.84. The second-order valence-corrected chi connectivity index (χ2v) is 3.21. The molecule has 0 bridgehead atoms. The number of H-pyrrole nitrogens is 1. The maximum Gasteiger partial charge on any atom is 0.373 e. The molecule has 0 amide bonds. The quantitative estimate of drug-likeness (QED) is 0.817. The van der Waals surface area contributed by atoms with E-state index < -0.39 is 0 Å². The lowest BCUT2D eigenvalue weighted by Crippen LogP contribution is -1.88. The SMILES string of the molecule is Cc1ccc(Cc2cn[nH]n2)cc1.O=C=O. The van der Waals surface area contributed by atoms with Crippen molar-refractivity contribution in [1.29, 1.82) is 0 Å². The number of nitrogens with one attached hydrogen (secondary N) is 1. The van der Waals surface area contributed by atoms with Gasteiger partial charge in [0, 0.05) is 6.42 Å². The van der Waals surface area contributed by atoms with E-state index in [2.05, 4.69) is 46.6 Å². The first-order valence-corrected chi connectivity index (χ1v) is 4.65. The van der Waals surface area contributed by atoms with Crippen molar-refractivity contribution in [3.05, 3.63) is 47.3 Å². The van der Waals surface area contributed by atoms with E-state index in [1.54, 1.807) is 6.20 Å². The van der Waals surface area contributed by atoms with Crippen LogP contribution in [-0.4, -0.2) is 21.6 Å². The highest BCUT2D eigenvalue weighted by Gasteiger charge is 1.97. The molecule has 0 unspecified atom stereocenters. The molecule has 0 atom stereocenters. The largest absolute Gasteiger partial charge is 0.373 e. The molecule has 2 rings (SSSR count). The molecule has 5 nitrogen and oxygen atoms in total. The van der Waals surface area contributed by atoms with Crippen LogP contribution in [0.25, 0.3) is 0 Å².